The molecule has 19 heavy (non-hydrogen) atoms. The molecule has 0 aromatic heterocycles. The molecule has 8 heteroatoms. The van der Waals surface area contributed by atoms with Crippen LogP contribution in [-0.2, 0) is 14.8 Å². The zero-order chi connectivity index (χ0) is 14.8. The van der Waals surface area contributed by atoms with E-state index < -0.39 is 26.9 Å². The van der Waals surface area contributed by atoms with Gasteiger partial charge < -0.3 is 9.64 Å². The van der Waals surface area contributed by atoms with Crippen molar-refractivity contribution in [1.29, 1.82) is 0 Å². The van der Waals surface area contributed by atoms with E-state index in [4.69, 9.17) is 16.3 Å². The SMILES string of the molecule is CN(C1CCN(C(=O)OC(C)(C)C)C1)S(=O)(=O)CCl. The molecular weight excluding hydrogens is 292 g/mol. The summed E-state index contributed by atoms with van der Waals surface area (Å²) in [7, 11) is -1.96. The quantitative estimate of drug-likeness (QED) is 0.740. The number of likely N-dealkylation sites (tertiary alicyclic amines) is 1. The van der Waals surface area contributed by atoms with Gasteiger partial charge in [-0.3, -0.25) is 0 Å². The van der Waals surface area contributed by atoms with E-state index in [1.807, 2.05) is 0 Å². The lowest BCUT2D eigenvalue weighted by Crippen LogP contribution is -2.41. The first kappa shape index (κ1) is 16.5. The molecule has 1 saturated heterocycles. The second-order valence-corrected chi connectivity index (χ2v) is 8.22. The first-order chi connectivity index (χ1) is 8.57. The minimum atomic E-state index is -3.45. The van der Waals surface area contributed by atoms with Crippen LogP contribution in [0.5, 0.6) is 0 Å². The van der Waals surface area contributed by atoms with E-state index in [9.17, 15) is 13.2 Å². The fourth-order valence-corrected chi connectivity index (χ4v) is 3.08. The number of rotatable bonds is 3. The van der Waals surface area contributed by atoms with Crippen molar-refractivity contribution in [3.63, 3.8) is 0 Å². The Kier molecular flexibility index (Phi) is 5.08. The lowest BCUT2D eigenvalue weighted by Gasteiger charge is -2.26. The van der Waals surface area contributed by atoms with E-state index >= 15 is 0 Å². The molecule has 6 nitrogen and oxygen atoms in total. The van der Waals surface area contributed by atoms with Crippen LogP contribution < -0.4 is 0 Å². The van der Waals surface area contributed by atoms with Gasteiger partial charge in [-0.25, -0.2) is 13.2 Å². The summed E-state index contributed by atoms with van der Waals surface area (Å²) in [6, 6.07) is -0.240. The number of hydrogen-bond donors (Lipinski definition) is 0. The van der Waals surface area contributed by atoms with Crippen LogP contribution in [0.1, 0.15) is 27.2 Å². The van der Waals surface area contributed by atoms with Crippen LogP contribution in [0.4, 0.5) is 4.79 Å². The van der Waals surface area contributed by atoms with Gasteiger partial charge >= 0.3 is 6.09 Å². The molecule has 1 fully saturated rings. The molecule has 0 saturated carbocycles. The van der Waals surface area contributed by atoms with Crippen molar-refractivity contribution in [2.45, 2.75) is 38.8 Å². The molecule has 0 aromatic carbocycles. The Morgan fingerprint density at radius 2 is 2.05 bits per heavy atom. The van der Waals surface area contributed by atoms with Gasteiger partial charge in [0, 0.05) is 26.2 Å². The number of halogens is 1. The van der Waals surface area contributed by atoms with Crippen molar-refractivity contribution < 1.29 is 17.9 Å². The Morgan fingerprint density at radius 1 is 1.47 bits per heavy atom. The first-order valence-electron chi connectivity index (χ1n) is 6.06. The third kappa shape index (κ3) is 4.50. The molecule has 1 atom stereocenters. The standard InChI is InChI=1S/C11H21ClN2O4S/c1-11(2,3)18-10(15)14-6-5-9(7-14)13(4)19(16,17)8-12/h9H,5-8H2,1-4H3. The van der Waals surface area contributed by atoms with Crippen LogP contribution in [0.25, 0.3) is 0 Å². The summed E-state index contributed by atoms with van der Waals surface area (Å²) in [6.07, 6.45) is 0.179. The highest BCUT2D eigenvalue weighted by atomic mass is 35.5. The van der Waals surface area contributed by atoms with Gasteiger partial charge in [0.2, 0.25) is 10.0 Å². The molecule has 0 aromatic rings. The number of carbonyl (C=O) groups excluding carboxylic acids is 1. The van der Waals surface area contributed by atoms with E-state index in [0.29, 0.717) is 19.5 Å². The van der Waals surface area contributed by atoms with E-state index in [2.05, 4.69) is 0 Å². The minimum Gasteiger partial charge on any atom is -0.444 e. The van der Waals surface area contributed by atoms with Crippen LogP contribution in [0.3, 0.4) is 0 Å². The zero-order valence-electron chi connectivity index (χ0n) is 11.7. The van der Waals surface area contributed by atoms with E-state index in [1.165, 1.54) is 16.3 Å². The van der Waals surface area contributed by atoms with Gasteiger partial charge in [-0.05, 0) is 27.2 Å². The number of ether oxygens (including phenoxy) is 1. The van der Waals surface area contributed by atoms with Crippen molar-refractivity contribution in [2.75, 3.05) is 25.3 Å². The first-order valence-corrected chi connectivity index (χ1v) is 8.21. The molecule has 0 bridgehead atoms. The van der Waals surface area contributed by atoms with Gasteiger partial charge in [0.1, 0.15) is 10.8 Å². The highest BCUT2D eigenvalue weighted by Crippen LogP contribution is 2.20. The van der Waals surface area contributed by atoms with Crippen LogP contribution in [-0.4, -0.2) is 60.7 Å². The predicted octanol–water partition coefficient (Wildman–Crippen LogP) is 1.45. The van der Waals surface area contributed by atoms with Crippen molar-refractivity contribution in [3.8, 4) is 0 Å². The summed E-state index contributed by atoms with van der Waals surface area (Å²) in [5.41, 5.74) is -0.552. The average Bonchev–Trinajstić information content (AvgIpc) is 2.74. The maximum atomic E-state index is 11.9. The maximum absolute atomic E-state index is 11.9. The molecular formula is C11H21ClN2O4S. The maximum Gasteiger partial charge on any atom is 0.410 e. The van der Waals surface area contributed by atoms with Crippen molar-refractivity contribution in [3.05, 3.63) is 0 Å². The number of sulfonamides is 1. The number of carbonyl (C=O) groups is 1. The van der Waals surface area contributed by atoms with Crippen molar-refractivity contribution in [2.24, 2.45) is 0 Å². The molecule has 0 aliphatic carbocycles. The van der Waals surface area contributed by atoms with Crippen LogP contribution in [0.15, 0.2) is 0 Å². The smallest absolute Gasteiger partial charge is 0.410 e. The molecule has 1 unspecified atom stereocenters. The van der Waals surface area contributed by atoms with Crippen molar-refractivity contribution in [1.82, 2.24) is 9.21 Å². The minimum absolute atomic E-state index is 0.240. The lowest BCUT2D eigenvalue weighted by atomic mass is 10.2. The van der Waals surface area contributed by atoms with E-state index in [-0.39, 0.29) is 6.04 Å². The molecule has 1 amide bonds. The molecule has 1 aliphatic rings. The van der Waals surface area contributed by atoms with Gasteiger partial charge in [-0.2, -0.15) is 4.31 Å². The average molecular weight is 313 g/mol. The monoisotopic (exact) mass is 312 g/mol. The molecule has 0 radical (unpaired) electrons. The summed E-state index contributed by atoms with van der Waals surface area (Å²) >= 11 is 5.42. The van der Waals surface area contributed by atoms with Gasteiger partial charge in [0.15, 0.2) is 0 Å². The summed E-state index contributed by atoms with van der Waals surface area (Å²) in [6.45, 7) is 6.21. The number of hydrogen-bond acceptors (Lipinski definition) is 4. The number of alkyl halides is 1. The predicted molar refractivity (Wildman–Crippen MR) is 73.6 cm³/mol. The van der Waals surface area contributed by atoms with Gasteiger partial charge in [0.25, 0.3) is 0 Å². The Morgan fingerprint density at radius 3 is 2.53 bits per heavy atom. The summed E-state index contributed by atoms with van der Waals surface area (Å²) < 4.78 is 29.8. The highest BCUT2D eigenvalue weighted by Gasteiger charge is 2.35. The Balaban J connectivity index is 2.62. The fourth-order valence-electron chi connectivity index (χ4n) is 1.84. The van der Waals surface area contributed by atoms with E-state index in [0.717, 1.165) is 0 Å². The molecule has 1 heterocycles. The third-order valence-corrected chi connectivity index (χ3v) is 5.18. The summed E-state index contributed by atoms with van der Waals surface area (Å²) in [5, 5.41) is -0.452. The largest absolute Gasteiger partial charge is 0.444 e. The second kappa shape index (κ2) is 5.85. The molecule has 1 rings (SSSR count). The number of amides is 1. The molecule has 0 spiro atoms. The van der Waals surface area contributed by atoms with Gasteiger partial charge in [0.05, 0.1) is 0 Å². The number of nitrogens with zero attached hydrogens (tertiary/aromatic N) is 2. The van der Waals surface area contributed by atoms with Crippen LogP contribution in [0, 0.1) is 0 Å². The van der Waals surface area contributed by atoms with Crippen LogP contribution in [0.2, 0.25) is 0 Å². The topological polar surface area (TPSA) is 66.9 Å². The van der Waals surface area contributed by atoms with Crippen molar-refractivity contribution >= 4 is 27.7 Å². The zero-order valence-corrected chi connectivity index (χ0v) is 13.3. The summed E-state index contributed by atoms with van der Waals surface area (Å²) in [4.78, 5) is 13.4. The number of likely N-dealkylation sites (N-methyl/N-ethyl adjacent to an activating group) is 1. The van der Waals surface area contributed by atoms with Gasteiger partial charge in [-0.15, -0.1) is 11.6 Å². The molecule has 0 N–H and O–H groups in total. The fraction of sp³-hybridized carbons (Fsp3) is 0.909. The third-order valence-electron chi connectivity index (χ3n) is 2.91. The van der Waals surface area contributed by atoms with Crippen LogP contribution >= 0.6 is 11.6 Å². The van der Waals surface area contributed by atoms with E-state index in [1.54, 1.807) is 20.8 Å². The second-order valence-electron chi connectivity index (χ2n) is 5.61. The summed E-state index contributed by atoms with van der Waals surface area (Å²) in [5.74, 6) is 0. The van der Waals surface area contributed by atoms with Gasteiger partial charge in [-0.1, -0.05) is 0 Å². The normalized spacial score (nSPS) is 20.9. The Bertz CT molecular complexity index is 432. The molecule has 1 aliphatic heterocycles. The highest BCUT2D eigenvalue weighted by molar-refractivity contribution is 7.90. The lowest BCUT2D eigenvalue weighted by molar-refractivity contribution is 0.0287. The molecule has 112 valence electrons. The Hall–Kier alpha value is -0.530. The Labute approximate surface area is 119 Å².